The molecule has 0 radical (unpaired) electrons. The van der Waals surface area contributed by atoms with Crippen molar-refractivity contribution < 1.29 is 0 Å². The van der Waals surface area contributed by atoms with Gasteiger partial charge in [0.15, 0.2) is 0 Å². The first-order valence-corrected chi connectivity index (χ1v) is 6.79. The van der Waals surface area contributed by atoms with E-state index in [9.17, 15) is 4.79 Å². The van der Waals surface area contributed by atoms with Crippen LogP contribution in [0.2, 0.25) is 0 Å². The summed E-state index contributed by atoms with van der Waals surface area (Å²) in [5.41, 5.74) is 2.02. The zero-order valence-electron chi connectivity index (χ0n) is 11.3. The number of benzene rings is 1. The average molecular weight is 254 g/mol. The molecular formula is C16H18N2O. The van der Waals surface area contributed by atoms with Gasteiger partial charge in [0.1, 0.15) is 5.82 Å². The highest BCUT2D eigenvalue weighted by Crippen LogP contribution is 2.51. The van der Waals surface area contributed by atoms with Crippen molar-refractivity contribution in [3.05, 3.63) is 63.8 Å². The molecule has 1 aliphatic carbocycles. The second kappa shape index (κ2) is 4.34. The summed E-state index contributed by atoms with van der Waals surface area (Å²) < 4.78 is 0. The van der Waals surface area contributed by atoms with Crippen molar-refractivity contribution in [3.63, 3.8) is 0 Å². The minimum atomic E-state index is -0.0642. The van der Waals surface area contributed by atoms with Crippen LogP contribution in [-0.4, -0.2) is 9.97 Å². The lowest BCUT2D eigenvalue weighted by Gasteiger charge is -2.16. The lowest BCUT2D eigenvalue weighted by molar-refractivity contribution is 0.708. The molecule has 0 unspecified atom stereocenters. The summed E-state index contributed by atoms with van der Waals surface area (Å²) >= 11 is 0. The van der Waals surface area contributed by atoms with E-state index < -0.39 is 0 Å². The van der Waals surface area contributed by atoms with Gasteiger partial charge in [-0.15, -0.1) is 0 Å². The molecule has 3 rings (SSSR count). The van der Waals surface area contributed by atoms with Crippen LogP contribution in [0.1, 0.15) is 49.7 Å². The number of hydrogen-bond donors (Lipinski definition) is 1. The predicted octanol–water partition coefficient (Wildman–Crippen LogP) is 2.97. The largest absolute Gasteiger partial charge is 0.310 e. The van der Waals surface area contributed by atoms with Crippen LogP contribution < -0.4 is 5.56 Å². The van der Waals surface area contributed by atoms with Crippen LogP contribution in [0.15, 0.2) is 41.2 Å². The predicted molar refractivity (Wildman–Crippen MR) is 75.4 cm³/mol. The highest BCUT2D eigenvalue weighted by Gasteiger charge is 2.48. The molecular weight excluding hydrogens is 236 g/mol. The van der Waals surface area contributed by atoms with E-state index in [1.54, 1.807) is 6.07 Å². The average Bonchev–Trinajstić information content (AvgIpc) is 3.20. The molecule has 1 N–H and O–H groups in total. The second-order valence-electron chi connectivity index (χ2n) is 5.62. The fraction of sp³-hybridized carbons (Fsp3) is 0.375. The molecule has 0 aliphatic heterocycles. The summed E-state index contributed by atoms with van der Waals surface area (Å²) in [4.78, 5) is 19.5. The van der Waals surface area contributed by atoms with E-state index in [4.69, 9.17) is 0 Å². The zero-order valence-corrected chi connectivity index (χ0v) is 11.3. The number of hydrogen-bond acceptors (Lipinski definition) is 2. The minimum absolute atomic E-state index is 0.0455. The van der Waals surface area contributed by atoms with E-state index in [2.05, 4.69) is 35.9 Å². The maximum Gasteiger partial charge on any atom is 0.251 e. The Hall–Kier alpha value is -1.90. The Morgan fingerprint density at radius 2 is 1.89 bits per heavy atom. The second-order valence-corrected chi connectivity index (χ2v) is 5.62. The third-order valence-corrected chi connectivity index (χ3v) is 3.88. The molecule has 0 spiro atoms. The first-order chi connectivity index (χ1) is 9.12. The number of H-pyrrole nitrogens is 1. The summed E-state index contributed by atoms with van der Waals surface area (Å²) in [6.45, 7) is 4.13. The van der Waals surface area contributed by atoms with Gasteiger partial charge in [-0.3, -0.25) is 4.79 Å². The Bertz CT molecular complexity index is 639. The molecule has 2 aromatic rings. The first-order valence-electron chi connectivity index (χ1n) is 6.79. The van der Waals surface area contributed by atoms with Gasteiger partial charge in [0, 0.05) is 6.07 Å². The van der Waals surface area contributed by atoms with E-state index in [0.717, 1.165) is 24.4 Å². The fourth-order valence-electron chi connectivity index (χ4n) is 2.54. The van der Waals surface area contributed by atoms with Gasteiger partial charge in [-0.05, 0) is 24.3 Å². The molecule has 98 valence electrons. The van der Waals surface area contributed by atoms with E-state index in [1.807, 2.05) is 18.2 Å². The lowest BCUT2D eigenvalue weighted by Crippen LogP contribution is -2.21. The molecule has 1 aromatic carbocycles. The molecule has 1 saturated carbocycles. The minimum Gasteiger partial charge on any atom is -0.310 e. The number of rotatable bonds is 3. The molecule has 0 amide bonds. The SMILES string of the molecule is CC(C)c1cc(=O)[nH]c(C2(c3ccccc3)CC2)n1. The van der Waals surface area contributed by atoms with Crippen molar-refractivity contribution in [2.45, 2.75) is 38.0 Å². The molecule has 3 heteroatoms. The summed E-state index contributed by atoms with van der Waals surface area (Å²) in [6, 6.07) is 11.9. The number of nitrogens with zero attached hydrogens (tertiary/aromatic N) is 1. The van der Waals surface area contributed by atoms with Crippen molar-refractivity contribution in [1.29, 1.82) is 0 Å². The smallest absolute Gasteiger partial charge is 0.251 e. The summed E-state index contributed by atoms with van der Waals surface area (Å²) in [7, 11) is 0. The zero-order chi connectivity index (χ0) is 13.5. The van der Waals surface area contributed by atoms with Gasteiger partial charge in [-0.2, -0.15) is 0 Å². The molecule has 1 fully saturated rings. The van der Waals surface area contributed by atoms with Crippen molar-refractivity contribution in [2.24, 2.45) is 0 Å². The van der Waals surface area contributed by atoms with E-state index in [0.29, 0.717) is 0 Å². The van der Waals surface area contributed by atoms with Crippen LogP contribution in [0.3, 0.4) is 0 Å². The third kappa shape index (κ3) is 2.09. The van der Waals surface area contributed by atoms with Gasteiger partial charge < -0.3 is 4.98 Å². The fourth-order valence-corrected chi connectivity index (χ4v) is 2.54. The monoisotopic (exact) mass is 254 g/mol. The van der Waals surface area contributed by atoms with Crippen LogP contribution in [0.25, 0.3) is 0 Å². The third-order valence-electron chi connectivity index (χ3n) is 3.88. The van der Waals surface area contributed by atoms with Crippen molar-refractivity contribution in [1.82, 2.24) is 9.97 Å². The van der Waals surface area contributed by atoms with Crippen LogP contribution in [-0.2, 0) is 5.41 Å². The molecule has 0 saturated heterocycles. The summed E-state index contributed by atoms with van der Waals surface area (Å²) in [5, 5.41) is 0. The molecule has 0 atom stereocenters. The normalized spacial score (nSPS) is 16.6. The van der Waals surface area contributed by atoms with Crippen LogP contribution in [0.5, 0.6) is 0 Å². The van der Waals surface area contributed by atoms with Crippen LogP contribution >= 0.6 is 0 Å². The quantitative estimate of drug-likeness (QED) is 0.915. The van der Waals surface area contributed by atoms with Crippen molar-refractivity contribution in [2.75, 3.05) is 0 Å². The molecule has 19 heavy (non-hydrogen) atoms. The maximum atomic E-state index is 11.8. The highest BCUT2D eigenvalue weighted by molar-refractivity contribution is 5.39. The van der Waals surface area contributed by atoms with Crippen molar-refractivity contribution >= 4 is 0 Å². The first kappa shape index (κ1) is 12.2. The summed E-state index contributed by atoms with van der Waals surface area (Å²) in [5.74, 6) is 1.10. The van der Waals surface area contributed by atoms with Crippen molar-refractivity contribution in [3.8, 4) is 0 Å². The Balaban J connectivity index is 2.10. The molecule has 0 bridgehead atoms. The maximum absolute atomic E-state index is 11.8. The molecule has 3 nitrogen and oxygen atoms in total. The van der Waals surface area contributed by atoms with Crippen LogP contribution in [0.4, 0.5) is 0 Å². The highest BCUT2D eigenvalue weighted by atomic mass is 16.1. The van der Waals surface area contributed by atoms with Gasteiger partial charge in [-0.1, -0.05) is 44.2 Å². The van der Waals surface area contributed by atoms with E-state index in [1.165, 1.54) is 5.56 Å². The van der Waals surface area contributed by atoms with E-state index >= 15 is 0 Å². The number of aromatic amines is 1. The van der Waals surface area contributed by atoms with Gasteiger partial charge >= 0.3 is 0 Å². The Labute approximate surface area is 112 Å². The number of aromatic nitrogens is 2. The molecule has 1 aromatic heterocycles. The van der Waals surface area contributed by atoms with Gasteiger partial charge in [0.05, 0.1) is 11.1 Å². The topological polar surface area (TPSA) is 45.8 Å². The lowest BCUT2D eigenvalue weighted by atomic mass is 9.95. The standard InChI is InChI=1S/C16H18N2O/c1-11(2)13-10-14(19)18-15(17-13)16(8-9-16)12-6-4-3-5-7-12/h3-7,10-11H,8-9H2,1-2H3,(H,17,18,19). The Morgan fingerprint density at radius 3 is 2.47 bits per heavy atom. The van der Waals surface area contributed by atoms with Gasteiger partial charge in [0.2, 0.25) is 0 Å². The molecule has 1 heterocycles. The van der Waals surface area contributed by atoms with E-state index in [-0.39, 0.29) is 16.9 Å². The van der Waals surface area contributed by atoms with Gasteiger partial charge in [0.25, 0.3) is 5.56 Å². The Morgan fingerprint density at radius 1 is 1.21 bits per heavy atom. The number of nitrogens with one attached hydrogen (secondary N) is 1. The molecule has 1 aliphatic rings. The van der Waals surface area contributed by atoms with Crippen LogP contribution in [0, 0.1) is 0 Å². The Kier molecular flexibility index (Phi) is 2.77. The summed E-state index contributed by atoms with van der Waals surface area (Å²) in [6.07, 6.45) is 2.11. The van der Waals surface area contributed by atoms with Gasteiger partial charge in [-0.25, -0.2) is 4.98 Å².